The average molecular weight is 278 g/mol. The van der Waals surface area contributed by atoms with Crippen molar-refractivity contribution < 1.29 is 9.53 Å². The van der Waals surface area contributed by atoms with Crippen LogP contribution in [0.15, 0.2) is 24.4 Å². The number of halogens is 1. The fraction of sp³-hybridized carbons (Fsp3) is 0.231. The lowest BCUT2D eigenvalue weighted by atomic mass is 10.3. The van der Waals surface area contributed by atoms with Crippen molar-refractivity contribution in [1.82, 2.24) is 15.0 Å². The molecule has 0 atom stereocenters. The third-order valence-corrected chi connectivity index (χ3v) is 2.56. The zero-order chi connectivity index (χ0) is 13.8. The van der Waals surface area contributed by atoms with Gasteiger partial charge in [0.15, 0.2) is 0 Å². The lowest BCUT2D eigenvalue weighted by Crippen LogP contribution is -2.07. The van der Waals surface area contributed by atoms with E-state index in [0.717, 1.165) is 5.69 Å². The van der Waals surface area contributed by atoms with Gasteiger partial charge in [-0.25, -0.2) is 19.7 Å². The van der Waals surface area contributed by atoms with Crippen molar-refractivity contribution in [2.24, 2.45) is 0 Å². The topological polar surface area (TPSA) is 65.0 Å². The molecule has 0 fully saturated rings. The van der Waals surface area contributed by atoms with Gasteiger partial charge in [0.25, 0.3) is 0 Å². The van der Waals surface area contributed by atoms with E-state index >= 15 is 0 Å². The van der Waals surface area contributed by atoms with Gasteiger partial charge in [-0.3, -0.25) is 0 Å². The fourth-order valence-corrected chi connectivity index (χ4v) is 1.70. The summed E-state index contributed by atoms with van der Waals surface area (Å²) in [5, 5.41) is 0.332. The Kier molecular flexibility index (Phi) is 4.06. The third-order valence-electron chi connectivity index (χ3n) is 2.33. The Morgan fingerprint density at radius 3 is 2.74 bits per heavy atom. The Balaban J connectivity index is 2.02. The first-order valence-corrected chi connectivity index (χ1v) is 6.02. The number of pyridine rings is 1. The van der Waals surface area contributed by atoms with Gasteiger partial charge in [-0.15, -0.1) is 0 Å². The Morgan fingerprint density at radius 2 is 2.11 bits per heavy atom. The van der Waals surface area contributed by atoms with Crippen LogP contribution >= 0.6 is 11.6 Å². The van der Waals surface area contributed by atoms with E-state index in [-0.39, 0.29) is 6.61 Å². The summed E-state index contributed by atoms with van der Waals surface area (Å²) < 4.78 is 5.15. The SMILES string of the molecule is Cc1cc(COC(=O)c2ccc(Cl)nc2)nc(C)n1. The van der Waals surface area contributed by atoms with Crippen molar-refractivity contribution in [2.75, 3.05) is 0 Å². The second kappa shape index (κ2) is 5.75. The standard InChI is InChI=1S/C13H12ClN3O2/c1-8-5-11(17-9(2)16-8)7-19-13(18)10-3-4-12(14)15-6-10/h3-6H,7H2,1-2H3. The second-order valence-electron chi connectivity index (χ2n) is 3.99. The molecule has 0 saturated carbocycles. The van der Waals surface area contributed by atoms with Gasteiger partial charge < -0.3 is 4.74 Å². The first kappa shape index (κ1) is 13.4. The number of carbonyl (C=O) groups excluding carboxylic acids is 1. The van der Waals surface area contributed by atoms with Crippen LogP contribution in [-0.4, -0.2) is 20.9 Å². The van der Waals surface area contributed by atoms with Crippen molar-refractivity contribution in [1.29, 1.82) is 0 Å². The molecular formula is C13H12ClN3O2. The molecule has 0 aliphatic carbocycles. The average Bonchev–Trinajstić information content (AvgIpc) is 2.36. The number of nitrogens with zero attached hydrogens (tertiary/aromatic N) is 3. The second-order valence-corrected chi connectivity index (χ2v) is 4.38. The smallest absolute Gasteiger partial charge is 0.340 e. The molecule has 0 amide bonds. The monoisotopic (exact) mass is 277 g/mol. The minimum atomic E-state index is -0.460. The third kappa shape index (κ3) is 3.72. The quantitative estimate of drug-likeness (QED) is 0.637. The highest BCUT2D eigenvalue weighted by Gasteiger charge is 2.09. The van der Waals surface area contributed by atoms with Crippen LogP contribution < -0.4 is 0 Å². The van der Waals surface area contributed by atoms with Crippen molar-refractivity contribution in [3.05, 3.63) is 52.3 Å². The molecule has 2 heterocycles. The van der Waals surface area contributed by atoms with Crippen LogP contribution in [0.4, 0.5) is 0 Å². The summed E-state index contributed by atoms with van der Waals surface area (Å²) in [5.74, 6) is 0.192. The van der Waals surface area contributed by atoms with Crippen LogP contribution in [0.5, 0.6) is 0 Å². The number of aromatic nitrogens is 3. The maximum absolute atomic E-state index is 11.8. The molecular weight excluding hydrogens is 266 g/mol. The van der Waals surface area contributed by atoms with Crippen LogP contribution in [0.1, 0.15) is 27.6 Å². The van der Waals surface area contributed by atoms with Gasteiger partial charge in [0.05, 0.1) is 11.3 Å². The lowest BCUT2D eigenvalue weighted by molar-refractivity contribution is 0.0466. The summed E-state index contributed by atoms with van der Waals surface area (Å²) in [6.45, 7) is 3.76. The van der Waals surface area contributed by atoms with Gasteiger partial charge in [-0.1, -0.05) is 11.6 Å². The Hall–Kier alpha value is -2.01. The van der Waals surface area contributed by atoms with Crippen LogP contribution in [0.25, 0.3) is 0 Å². The summed E-state index contributed by atoms with van der Waals surface area (Å²) in [4.78, 5) is 23.9. The van der Waals surface area contributed by atoms with E-state index in [9.17, 15) is 4.79 Å². The summed E-state index contributed by atoms with van der Waals surface area (Å²) in [6, 6.07) is 4.88. The minimum Gasteiger partial charge on any atom is -0.456 e. The van der Waals surface area contributed by atoms with Crippen LogP contribution in [0.2, 0.25) is 5.15 Å². The summed E-state index contributed by atoms with van der Waals surface area (Å²) in [5.41, 5.74) is 1.86. The minimum absolute atomic E-state index is 0.103. The number of aryl methyl sites for hydroxylation is 2. The van der Waals surface area contributed by atoms with Crippen LogP contribution in [0.3, 0.4) is 0 Å². The Morgan fingerprint density at radius 1 is 1.32 bits per heavy atom. The van der Waals surface area contributed by atoms with Crippen LogP contribution in [0, 0.1) is 13.8 Å². The lowest BCUT2D eigenvalue weighted by Gasteiger charge is -2.05. The maximum atomic E-state index is 11.8. The molecule has 0 N–H and O–H groups in total. The normalized spacial score (nSPS) is 10.3. The van der Waals surface area contributed by atoms with Crippen molar-refractivity contribution in [3.8, 4) is 0 Å². The largest absolute Gasteiger partial charge is 0.456 e. The van der Waals surface area contributed by atoms with Gasteiger partial charge in [-0.05, 0) is 32.0 Å². The molecule has 0 radical (unpaired) electrons. The van der Waals surface area contributed by atoms with Gasteiger partial charge >= 0.3 is 5.97 Å². The molecule has 19 heavy (non-hydrogen) atoms. The molecule has 2 aromatic rings. The van der Waals surface area contributed by atoms with Crippen molar-refractivity contribution >= 4 is 17.6 Å². The molecule has 0 spiro atoms. The van der Waals surface area contributed by atoms with Crippen molar-refractivity contribution in [2.45, 2.75) is 20.5 Å². The fourth-order valence-electron chi connectivity index (χ4n) is 1.59. The van der Waals surface area contributed by atoms with Gasteiger partial charge in [0, 0.05) is 11.9 Å². The molecule has 98 valence electrons. The van der Waals surface area contributed by atoms with Crippen LogP contribution in [-0.2, 0) is 11.3 Å². The Labute approximate surface area is 115 Å². The number of rotatable bonds is 3. The zero-order valence-electron chi connectivity index (χ0n) is 10.6. The predicted octanol–water partition coefficient (Wildman–Crippen LogP) is 2.50. The number of carbonyl (C=O) groups is 1. The number of ether oxygens (including phenoxy) is 1. The van der Waals surface area contributed by atoms with E-state index in [2.05, 4.69) is 15.0 Å². The van der Waals surface area contributed by atoms with E-state index in [1.54, 1.807) is 19.1 Å². The molecule has 2 rings (SSSR count). The molecule has 0 aliphatic rings. The number of esters is 1. The van der Waals surface area contributed by atoms with Gasteiger partial charge in [0.1, 0.15) is 17.6 Å². The van der Waals surface area contributed by atoms with E-state index in [1.807, 2.05) is 6.92 Å². The molecule has 5 nitrogen and oxygen atoms in total. The highest BCUT2D eigenvalue weighted by molar-refractivity contribution is 6.29. The van der Waals surface area contributed by atoms with Crippen molar-refractivity contribution in [3.63, 3.8) is 0 Å². The molecule has 2 aromatic heterocycles. The zero-order valence-corrected chi connectivity index (χ0v) is 11.3. The summed E-state index contributed by atoms with van der Waals surface area (Å²) >= 11 is 5.64. The summed E-state index contributed by atoms with van der Waals surface area (Å²) in [7, 11) is 0. The van der Waals surface area contributed by atoms with Gasteiger partial charge in [-0.2, -0.15) is 0 Å². The highest BCUT2D eigenvalue weighted by atomic mass is 35.5. The molecule has 6 heteroatoms. The van der Waals surface area contributed by atoms with Gasteiger partial charge in [0.2, 0.25) is 0 Å². The molecule has 0 aliphatic heterocycles. The first-order chi connectivity index (χ1) is 9.04. The number of hydrogen-bond donors (Lipinski definition) is 0. The molecule has 0 saturated heterocycles. The highest BCUT2D eigenvalue weighted by Crippen LogP contribution is 2.08. The van der Waals surface area contributed by atoms with E-state index in [1.165, 1.54) is 12.3 Å². The predicted molar refractivity (Wildman–Crippen MR) is 69.9 cm³/mol. The first-order valence-electron chi connectivity index (χ1n) is 5.64. The van der Waals surface area contributed by atoms with E-state index in [0.29, 0.717) is 22.2 Å². The van der Waals surface area contributed by atoms with E-state index in [4.69, 9.17) is 16.3 Å². The summed E-state index contributed by atoms with van der Waals surface area (Å²) in [6.07, 6.45) is 1.38. The maximum Gasteiger partial charge on any atom is 0.340 e. The molecule has 0 aromatic carbocycles. The molecule has 0 bridgehead atoms. The molecule has 0 unspecified atom stereocenters. The Bertz CT molecular complexity index is 579. The number of hydrogen-bond acceptors (Lipinski definition) is 5. The van der Waals surface area contributed by atoms with E-state index < -0.39 is 5.97 Å².